The highest BCUT2D eigenvalue weighted by Gasteiger charge is 2.09. The third kappa shape index (κ3) is 2.54. The minimum atomic E-state index is 0.168. The van der Waals surface area contributed by atoms with Crippen LogP contribution in [-0.4, -0.2) is 20.0 Å². The van der Waals surface area contributed by atoms with Crippen LogP contribution in [0.5, 0.6) is 0 Å². The molecule has 3 aromatic rings. The molecular formula is C14H15N5O. The summed E-state index contributed by atoms with van der Waals surface area (Å²) in [6.07, 6.45) is 5.19. The van der Waals surface area contributed by atoms with Crippen molar-refractivity contribution < 1.29 is 4.42 Å². The van der Waals surface area contributed by atoms with E-state index in [1.165, 1.54) is 6.39 Å². The van der Waals surface area contributed by atoms with Gasteiger partial charge in [-0.05, 0) is 25.1 Å². The van der Waals surface area contributed by atoms with E-state index >= 15 is 0 Å². The van der Waals surface area contributed by atoms with E-state index in [0.717, 1.165) is 16.8 Å². The minimum absolute atomic E-state index is 0.168. The van der Waals surface area contributed by atoms with Crippen molar-refractivity contribution in [3.63, 3.8) is 0 Å². The summed E-state index contributed by atoms with van der Waals surface area (Å²) >= 11 is 0. The van der Waals surface area contributed by atoms with E-state index in [4.69, 9.17) is 4.42 Å². The van der Waals surface area contributed by atoms with Gasteiger partial charge in [0.05, 0.1) is 12.2 Å². The van der Waals surface area contributed by atoms with Crippen molar-refractivity contribution in [1.82, 2.24) is 20.0 Å². The van der Waals surface area contributed by atoms with Gasteiger partial charge in [-0.15, -0.1) is 10.2 Å². The Labute approximate surface area is 116 Å². The van der Waals surface area contributed by atoms with Crippen molar-refractivity contribution in [2.75, 3.05) is 5.32 Å². The van der Waals surface area contributed by atoms with Crippen LogP contribution in [0.2, 0.25) is 0 Å². The molecule has 6 heteroatoms. The van der Waals surface area contributed by atoms with Crippen LogP contribution in [0.15, 0.2) is 47.5 Å². The second kappa shape index (κ2) is 5.16. The minimum Gasteiger partial charge on any atom is -0.423 e. The predicted octanol–water partition coefficient (Wildman–Crippen LogP) is 2.64. The van der Waals surface area contributed by atoms with E-state index in [9.17, 15) is 0 Å². The maximum atomic E-state index is 5.20. The summed E-state index contributed by atoms with van der Waals surface area (Å²) in [6, 6.07) is 8.06. The van der Waals surface area contributed by atoms with Gasteiger partial charge < -0.3 is 9.73 Å². The van der Waals surface area contributed by atoms with Gasteiger partial charge in [-0.2, -0.15) is 5.10 Å². The molecule has 0 radical (unpaired) electrons. The molecule has 1 N–H and O–H groups in total. The van der Waals surface area contributed by atoms with Crippen LogP contribution < -0.4 is 5.32 Å². The van der Waals surface area contributed by atoms with Gasteiger partial charge in [-0.1, -0.05) is 6.07 Å². The lowest BCUT2D eigenvalue weighted by molar-refractivity contribution is 0.568. The van der Waals surface area contributed by atoms with Crippen LogP contribution in [0.25, 0.3) is 11.5 Å². The normalized spacial score (nSPS) is 12.3. The highest BCUT2D eigenvalue weighted by atomic mass is 16.4. The highest BCUT2D eigenvalue weighted by Crippen LogP contribution is 2.23. The van der Waals surface area contributed by atoms with Crippen LogP contribution in [0.3, 0.4) is 0 Å². The number of aryl methyl sites for hydroxylation is 1. The molecule has 0 amide bonds. The zero-order valence-corrected chi connectivity index (χ0v) is 11.3. The molecule has 102 valence electrons. The van der Waals surface area contributed by atoms with Crippen molar-refractivity contribution in [2.24, 2.45) is 7.05 Å². The molecule has 0 aliphatic rings. The maximum absolute atomic E-state index is 5.20. The Hall–Kier alpha value is -2.63. The summed E-state index contributed by atoms with van der Waals surface area (Å²) in [6.45, 7) is 2.09. The lowest BCUT2D eigenvalue weighted by Crippen LogP contribution is -2.05. The molecule has 1 aromatic carbocycles. The van der Waals surface area contributed by atoms with Crippen molar-refractivity contribution in [2.45, 2.75) is 13.0 Å². The Kier molecular flexibility index (Phi) is 3.20. The molecule has 0 aliphatic carbocycles. The number of aromatic nitrogens is 4. The van der Waals surface area contributed by atoms with Gasteiger partial charge >= 0.3 is 0 Å². The van der Waals surface area contributed by atoms with Gasteiger partial charge in [0.25, 0.3) is 0 Å². The average molecular weight is 269 g/mol. The molecular weight excluding hydrogens is 254 g/mol. The molecule has 0 spiro atoms. The van der Waals surface area contributed by atoms with Crippen LogP contribution >= 0.6 is 0 Å². The molecule has 6 nitrogen and oxygen atoms in total. The molecule has 0 fully saturated rings. The molecule has 2 heterocycles. The predicted molar refractivity (Wildman–Crippen MR) is 75.0 cm³/mol. The monoisotopic (exact) mass is 269 g/mol. The maximum Gasteiger partial charge on any atom is 0.247 e. The summed E-state index contributed by atoms with van der Waals surface area (Å²) in [5, 5.41) is 15.2. The third-order valence-electron chi connectivity index (χ3n) is 3.08. The number of nitrogens with one attached hydrogen (secondary N) is 1. The Morgan fingerprint density at radius 3 is 2.95 bits per heavy atom. The number of anilines is 1. The van der Waals surface area contributed by atoms with Crippen molar-refractivity contribution in [3.05, 3.63) is 48.6 Å². The lowest BCUT2D eigenvalue weighted by atomic mass is 10.1. The lowest BCUT2D eigenvalue weighted by Gasteiger charge is -2.14. The van der Waals surface area contributed by atoms with E-state index in [2.05, 4.69) is 27.5 Å². The van der Waals surface area contributed by atoms with Crippen LogP contribution in [0.4, 0.5) is 5.69 Å². The number of nitrogens with zero attached hydrogens (tertiary/aromatic N) is 4. The Balaban J connectivity index is 1.79. The summed E-state index contributed by atoms with van der Waals surface area (Å²) in [5.74, 6) is 0.516. The van der Waals surface area contributed by atoms with E-state index < -0.39 is 0 Å². The number of hydrogen-bond donors (Lipinski definition) is 1. The van der Waals surface area contributed by atoms with Gasteiger partial charge in [0.1, 0.15) is 0 Å². The smallest absolute Gasteiger partial charge is 0.247 e. The first-order valence-corrected chi connectivity index (χ1v) is 6.34. The fourth-order valence-electron chi connectivity index (χ4n) is 2.04. The summed E-state index contributed by atoms with van der Waals surface area (Å²) in [7, 11) is 1.91. The molecule has 20 heavy (non-hydrogen) atoms. The van der Waals surface area contributed by atoms with E-state index in [1.54, 1.807) is 4.68 Å². The first kappa shape index (κ1) is 12.4. The molecule has 0 bridgehead atoms. The van der Waals surface area contributed by atoms with Crippen molar-refractivity contribution in [3.8, 4) is 11.5 Å². The van der Waals surface area contributed by atoms with E-state index in [-0.39, 0.29) is 6.04 Å². The summed E-state index contributed by atoms with van der Waals surface area (Å²) < 4.78 is 7.00. The standard InChI is InChI=1S/C14H15N5O/c1-10(12-7-16-19(2)8-12)17-13-5-3-4-11(6-13)14-18-15-9-20-14/h3-10,17H,1-2H3. The average Bonchev–Trinajstić information content (AvgIpc) is 3.10. The molecule has 2 aromatic heterocycles. The van der Waals surface area contributed by atoms with Crippen LogP contribution in [0, 0.1) is 0 Å². The molecule has 1 atom stereocenters. The quantitative estimate of drug-likeness (QED) is 0.788. The van der Waals surface area contributed by atoms with E-state index in [0.29, 0.717) is 5.89 Å². The van der Waals surface area contributed by atoms with Gasteiger partial charge in [0, 0.05) is 30.1 Å². The summed E-state index contributed by atoms with van der Waals surface area (Å²) in [4.78, 5) is 0. The Morgan fingerprint density at radius 2 is 2.25 bits per heavy atom. The number of rotatable bonds is 4. The first-order chi connectivity index (χ1) is 9.72. The summed E-state index contributed by atoms with van der Waals surface area (Å²) in [5.41, 5.74) is 3.03. The largest absolute Gasteiger partial charge is 0.423 e. The van der Waals surface area contributed by atoms with Crippen molar-refractivity contribution >= 4 is 5.69 Å². The first-order valence-electron chi connectivity index (χ1n) is 6.34. The molecule has 1 unspecified atom stereocenters. The molecule has 0 saturated carbocycles. The van der Waals surface area contributed by atoms with E-state index in [1.807, 2.05) is 43.7 Å². The second-order valence-corrected chi connectivity index (χ2v) is 4.64. The van der Waals surface area contributed by atoms with Crippen molar-refractivity contribution in [1.29, 1.82) is 0 Å². The topological polar surface area (TPSA) is 68.8 Å². The highest BCUT2D eigenvalue weighted by molar-refractivity contribution is 5.61. The Morgan fingerprint density at radius 1 is 1.35 bits per heavy atom. The second-order valence-electron chi connectivity index (χ2n) is 4.64. The van der Waals surface area contributed by atoms with Gasteiger partial charge in [-0.25, -0.2) is 0 Å². The SMILES string of the molecule is CC(Nc1cccc(-c2nnco2)c1)c1cnn(C)c1. The number of hydrogen-bond acceptors (Lipinski definition) is 5. The molecule has 3 rings (SSSR count). The Bertz CT molecular complexity index is 689. The number of benzene rings is 1. The van der Waals surface area contributed by atoms with Gasteiger partial charge in [0.2, 0.25) is 12.3 Å². The van der Waals surface area contributed by atoms with Gasteiger partial charge in [-0.3, -0.25) is 4.68 Å². The van der Waals surface area contributed by atoms with Crippen LogP contribution in [-0.2, 0) is 7.05 Å². The zero-order chi connectivity index (χ0) is 13.9. The zero-order valence-electron chi connectivity index (χ0n) is 11.3. The fraction of sp³-hybridized carbons (Fsp3) is 0.214. The third-order valence-corrected chi connectivity index (χ3v) is 3.08. The molecule has 0 aliphatic heterocycles. The van der Waals surface area contributed by atoms with Crippen LogP contribution in [0.1, 0.15) is 18.5 Å². The molecule has 0 saturated heterocycles. The fourth-order valence-corrected chi connectivity index (χ4v) is 2.04. The van der Waals surface area contributed by atoms with Gasteiger partial charge in [0.15, 0.2) is 0 Å².